The smallest absolute Gasteiger partial charge is 0.222 e. The minimum Gasteiger partial charge on any atom is -0.381 e. The molecule has 4 heteroatoms. The molecule has 0 saturated carbocycles. The van der Waals surface area contributed by atoms with E-state index in [1.54, 1.807) is 0 Å². The molecule has 1 aliphatic rings. The van der Waals surface area contributed by atoms with Gasteiger partial charge in [0.05, 0.1) is 6.61 Å². The Morgan fingerprint density at radius 2 is 2.29 bits per heavy atom. The van der Waals surface area contributed by atoms with E-state index >= 15 is 0 Å². The zero-order valence-electron chi connectivity index (χ0n) is 11.1. The van der Waals surface area contributed by atoms with Gasteiger partial charge in [-0.3, -0.25) is 4.79 Å². The molecule has 0 aliphatic carbocycles. The second kappa shape index (κ2) is 8.48. The predicted molar refractivity (Wildman–Crippen MR) is 68.9 cm³/mol. The maximum Gasteiger partial charge on any atom is 0.222 e. The summed E-state index contributed by atoms with van der Waals surface area (Å²) in [6, 6.07) is 0.435. The highest BCUT2D eigenvalue weighted by atomic mass is 16.5. The molecule has 2 unspecified atom stereocenters. The summed E-state index contributed by atoms with van der Waals surface area (Å²) in [5.41, 5.74) is 0. The van der Waals surface area contributed by atoms with E-state index < -0.39 is 0 Å². The largest absolute Gasteiger partial charge is 0.381 e. The molecule has 0 bridgehead atoms. The summed E-state index contributed by atoms with van der Waals surface area (Å²) >= 11 is 0. The van der Waals surface area contributed by atoms with Crippen LogP contribution in [0.1, 0.15) is 39.5 Å². The van der Waals surface area contributed by atoms with Crippen LogP contribution in [0.2, 0.25) is 0 Å². The number of carbonyl (C=O) groups is 1. The molecule has 1 saturated heterocycles. The van der Waals surface area contributed by atoms with E-state index in [1.165, 1.54) is 12.8 Å². The third kappa shape index (κ3) is 6.03. The van der Waals surface area contributed by atoms with E-state index in [1.807, 2.05) is 0 Å². The fraction of sp³-hybridized carbons (Fsp3) is 0.923. The topological polar surface area (TPSA) is 50.4 Å². The van der Waals surface area contributed by atoms with Gasteiger partial charge in [-0.1, -0.05) is 13.8 Å². The van der Waals surface area contributed by atoms with E-state index in [9.17, 15) is 4.79 Å². The van der Waals surface area contributed by atoms with Crippen LogP contribution < -0.4 is 10.6 Å². The van der Waals surface area contributed by atoms with Crippen LogP contribution in [0.4, 0.5) is 0 Å². The zero-order chi connectivity index (χ0) is 12.5. The number of carbonyl (C=O) groups excluding carboxylic acids is 1. The van der Waals surface area contributed by atoms with Crippen molar-refractivity contribution in [3.05, 3.63) is 0 Å². The Labute approximate surface area is 104 Å². The van der Waals surface area contributed by atoms with E-state index in [0.717, 1.165) is 26.1 Å². The first-order valence-electron chi connectivity index (χ1n) is 6.82. The van der Waals surface area contributed by atoms with Crippen molar-refractivity contribution in [2.75, 3.05) is 26.3 Å². The molecule has 100 valence electrons. The summed E-state index contributed by atoms with van der Waals surface area (Å²) in [5, 5.41) is 6.43. The van der Waals surface area contributed by atoms with Crippen molar-refractivity contribution in [1.29, 1.82) is 0 Å². The van der Waals surface area contributed by atoms with Crippen LogP contribution in [0.15, 0.2) is 0 Å². The molecule has 0 spiro atoms. The average molecular weight is 242 g/mol. The molecule has 0 radical (unpaired) electrons. The van der Waals surface area contributed by atoms with E-state index in [4.69, 9.17) is 4.74 Å². The van der Waals surface area contributed by atoms with Crippen molar-refractivity contribution in [3.8, 4) is 0 Å². The van der Waals surface area contributed by atoms with Crippen LogP contribution >= 0.6 is 0 Å². The van der Waals surface area contributed by atoms with E-state index in [2.05, 4.69) is 24.5 Å². The molecule has 2 N–H and O–H groups in total. The Bertz CT molecular complexity index is 221. The molecule has 1 aliphatic heterocycles. The van der Waals surface area contributed by atoms with Gasteiger partial charge in [0.2, 0.25) is 5.91 Å². The maximum absolute atomic E-state index is 11.5. The quantitative estimate of drug-likeness (QED) is 0.662. The van der Waals surface area contributed by atoms with Gasteiger partial charge in [0.25, 0.3) is 0 Å². The number of amides is 1. The minimum atomic E-state index is 0.0978. The van der Waals surface area contributed by atoms with Crippen LogP contribution in [0, 0.1) is 5.92 Å². The molecule has 0 aromatic rings. The van der Waals surface area contributed by atoms with Gasteiger partial charge >= 0.3 is 0 Å². The van der Waals surface area contributed by atoms with Crippen LogP contribution in [-0.4, -0.2) is 38.3 Å². The van der Waals surface area contributed by atoms with Gasteiger partial charge in [0.1, 0.15) is 0 Å². The summed E-state index contributed by atoms with van der Waals surface area (Å²) in [4.78, 5) is 11.5. The second-order valence-electron chi connectivity index (χ2n) is 4.85. The first kappa shape index (κ1) is 14.5. The highest BCUT2D eigenvalue weighted by molar-refractivity contribution is 5.75. The lowest BCUT2D eigenvalue weighted by Gasteiger charge is -2.30. The number of ether oxygens (including phenoxy) is 1. The summed E-state index contributed by atoms with van der Waals surface area (Å²) in [6.07, 6.45) is 3.98. The van der Waals surface area contributed by atoms with Gasteiger partial charge in [-0.2, -0.15) is 0 Å². The molecule has 0 aromatic heterocycles. The Morgan fingerprint density at radius 3 is 3.00 bits per heavy atom. The molecular weight excluding hydrogens is 216 g/mol. The number of hydrogen-bond donors (Lipinski definition) is 2. The lowest BCUT2D eigenvalue weighted by molar-refractivity contribution is -0.122. The highest BCUT2D eigenvalue weighted by Gasteiger charge is 2.20. The van der Waals surface area contributed by atoms with Gasteiger partial charge < -0.3 is 15.4 Å². The van der Waals surface area contributed by atoms with Crippen LogP contribution in [-0.2, 0) is 9.53 Å². The third-order valence-electron chi connectivity index (χ3n) is 3.27. The summed E-state index contributed by atoms with van der Waals surface area (Å²) in [7, 11) is 0. The SMILES string of the molecule is CCCOCCC(=O)NCC1NCCCC1C. The normalized spacial score (nSPS) is 24.6. The predicted octanol–water partition coefficient (Wildman–Crippen LogP) is 1.31. The van der Waals surface area contributed by atoms with Crippen molar-refractivity contribution in [1.82, 2.24) is 10.6 Å². The van der Waals surface area contributed by atoms with Crippen LogP contribution in [0.5, 0.6) is 0 Å². The molecule has 1 fully saturated rings. The molecular formula is C13H26N2O2. The third-order valence-corrected chi connectivity index (χ3v) is 3.27. The number of nitrogens with one attached hydrogen (secondary N) is 2. The zero-order valence-corrected chi connectivity index (χ0v) is 11.1. The Morgan fingerprint density at radius 1 is 1.47 bits per heavy atom. The lowest BCUT2D eigenvalue weighted by atomic mass is 9.93. The van der Waals surface area contributed by atoms with Gasteiger partial charge in [-0.25, -0.2) is 0 Å². The molecule has 1 amide bonds. The van der Waals surface area contributed by atoms with Crippen molar-refractivity contribution in [2.24, 2.45) is 5.92 Å². The van der Waals surface area contributed by atoms with Gasteiger partial charge in [-0.05, 0) is 31.7 Å². The molecule has 1 heterocycles. The molecule has 1 rings (SSSR count). The molecule has 2 atom stereocenters. The van der Waals surface area contributed by atoms with Gasteiger partial charge in [0, 0.05) is 25.6 Å². The molecule has 0 aromatic carbocycles. The monoisotopic (exact) mass is 242 g/mol. The Balaban J connectivity index is 2.06. The standard InChI is InChI=1S/C13H26N2O2/c1-3-8-17-9-6-13(16)15-10-12-11(2)5-4-7-14-12/h11-12,14H,3-10H2,1-2H3,(H,15,16). The minimum absolute atomic E-state index is 0.0978. The first-order valence-corrected chi connectivity index (χ1v) is 6.82. The fourth-order valence-corrected chi connectivity index (χ4v) is 2.11. The first-order chi connectivity index (χ1) is 8.24. The Kier molecular flexibility index (Phi) is 7.21. The van der Waals surface area contributed by atoms with Crippen molar-refractivity contribution in [2.45, 2.75) is 45.6 Å². The lowest BCUT2D eigenvalue weighted by Crippen LogP contribution is -2.47. The van der Waals surface area contributed by atoms with Gasteiger partial charge in [-0.15, -0.1) is 0 Å². The fourth-order valence-electron chi connectivity index (χ4n) is 2.11. The van der Waals surface area contributed by atoms with E-state index in [0.29, 0.717) is 25.0 Å². The summed E-state index contributed by atoms with van der Waals surface area (Å²) in [5.74, 6) is 0.751. The maximum atomic E-state index is 11.5. The summed E-state index contributed by atoms with van der Waals surface area (Å²) < 4.78 is 5.29. The van der Waals surface area contributed by atoms with Crippen molar-refractivity contribution < 1.29 is 9.53 Å². The van der Waals surface area contributed by atoms with Gasteiger partial charge in [0.15, 0.2) is 0 Å². The van der Waals surface area contributed by atoms with Crippen molar-refractivity contribution >= 4 is 5.91 Å². The number of hydrogen-bond acceptors (Lipinski definition) is 3. The number of rotatable bonds is 7. The molecule has 17 heavy (non-hydrogen) atoms. The van der Waals surface area contributed by atoms with E-state index in [-0.39, 0.29) is 5.91 Å². The summed E-state index contributed by atoms with van der Waals surface area (Å²) in [6.45, 7) is 7.41. The van der Waals surface area contributed by atoms with Crippen molar-refractivity contribution in [3.63, 3.8) is 0 Å². The second-order valence-corrected chi connectivity index (χ2v) is 4.85. The Hall–Kier alpha value is -0.610. The van der Waals surface area contributed by atoms with Crippen LogP contribution in [0.3, 0.4) is 0 Å². The highest BCUT2D eigenvalue weighted by Crippen LogP contribution is 2.14. The average Bonchev–Trinajstić information content (AvgIpc) is 2.34. The number of piperidine rings is 1. The van der Waals surface area contributed by atoms with Crippen LogP contribution in [0.25, 0.3) is 0 Å². The molecule has 4 nitrogen and oxygen atoms in total.